The van der Waals surface area contributed by atoms with Gasteiger partial charge >= 0.3 is 0 Å². The van der Waals surface area contributed by atoms with Crippen LogP contribution in [0.3, 0.4) is 0 Å². The Morgan fingerprint density at radius 3 is 2.92 bits per heavy atom. The second-order valence-electron chi connectivity index (χ2n) is 2.52. The average molecular weight is 275 g/mol. The first kappa shape index (κ1) is 9.33. The van der Waals surface area contributed by atoms with Crippen LogP contribution in [0.4, 0.5) is 0 Å². The highest BCUT2D eigenvalue weighted by atomic mass is 79.9. The average Bonchev–Trinajstić information content (AvgIpc) is 2.72. The van der Waals surface area contributed by atoms with Crippen molar-refractivity contribution in [1.29, 1.82) is 0 Å². The van der Waals surface area contributed by atoms with Crippen LogP contribution in [-0.4, -0.2) is 4.98 Å². The molecule has 0 spiro atoms. The molecule has 2 aromatic heterocycles. The fraction of sp³-hybridized carbons (Fsp3) is 0.125. The summed E-state index contributed by atoms with van der Waals surface area (Å²) in [5, 5.41) is 4.00. The van der Waals surface area contributed by atoms with Crippen molar-refractivity contribution in [2.24, 2.45) is 5.73 Å². The van der Waals surface area contributed by atoms with E-state index in [1.165, 1.54) is 0 Å². The van der Waals surface area contributed by atoms with Gasteiger partial charge in [0, 0.05) is 14.7 Å². The molecule has 13 heavy (non-hydrogen) atoms. The molecule has 5 heteroatoms. The van der Waals surface area contributed by atoms with Gasteiger partial charge in [-0.1, -0.05) is 0 Å². The zero-order valence-electron chi connectivity index (χ0n) is 6.61. The summed E-state index contributed by atoms with van der Waals surface area (Å²) >= 11 is 6.68. The number of halogens is 1. The highest BCUT2D eigenvalue weighted by Gasteiger charge is 2.14. The third kappa shape index (κ3) is 1.83. The summed E-state index contributed by atoms with van der Waals surface area (Å²) in [5.41, 5.74) is 8.77. The molecule has 0 aliphatic heterocycles. The Morgan fingerprint density at radius 1 is 1.54 bits per heavy atom. The zero-order valence-corrected chi connectivity index (χ0v) is 9.82. The van der Waals surface area contributed by atoms with Gasteiger partial charge in [0.05, 0.1) is 17.2 Å². The molecular formula is C8H7BrN2S2. The molecule has 2 aromatic rings. The monoisotopic (exact) mass is 274 g/mol. The van der Waals surface area contributed by atoms with Gasteiger partial charge in [-0.15, -0.1) is 22.7 Å². The van der Waals surface area contributed by atoms with Crippen LogP contribution in [0, 0.1) is 0 Å². The van der Waals surface area contributed by atoms with E-state index in [9.17, 15) is 0 Å². The SMILES string of the molecule is NC(c1cscn1)c1sccc1Br. The van der Waals surface area contributed by atoms with E-state index in [0.717, 1.165) is 15.0 Å². The van der Waals surface area contributed by atoms with Crippen LogP contribution in [-0.2, 0) is 0 Å². The molecule has 68 valence electrons. The predicted octanol–water partition coefficient (Wildman–Crippen LogP) is 3.02. The molecule has 2 N–H and O–H groups in total. The van der Waals surface area contributed by atoms with Crippen molar-refractivity contribution in [3.05, 3.63) is 37.4 Å². The summed E-state index contributed by atoms with van der Waals surface area (Å²) in [5.74, 6) is 0. The van der Waals surface area contributed by atoms with E-state index in [-0.39, 0.29) is 6.04 Å². The first-order valence-corrected chi connectivity index (χ1v) is 6.27. The van der Waals surface area contributed by atoms with Gasteiger partial charge in [0.1, 0.15) is 0 Å². The number of thiazole rings is 1. The highest BCUT2D eigenvalue weighted by Crippen LogP contribution is 2.31. The number of rotatable bonds is 2. The Kier molecular flexibility index (Phi) is 2.78. The van der Waals surface area contributed by atoms with Crippen molar-refractivity contribution < 1.29 is 0 Å². The molecule has 0 saturated carbocycles. The van der Waals surface area contributed by atoms with Gasteiger partial charge in [0.2, 0.25) is 0 Å². The quantitative estimate of drug-likeness (QED) is 0.915. The van der Waals surface area contributed by atoms with Gasteiger partial charge in [-0.05, 0) is 27.4 Å². The normalized spacial score (nSPS) is 13.1. The van der Waals surface area contributed by atoms with Gasteiger partial charge in [-0.2, -0.15) is 0 Å². The first-order chi connectivity index (χ1) is 6.29. The lowest BCUT2D eigenvalue weighted by molar-refractivity contribution is 0.854. The lowest BCUT2D eigenvalue weighted by atomic mass is 10.2. The van der Waals surface area contributed by atoms with Crippen LogP contribution in [0.1, 0.15) is 16.6 Å². The number of nitrogens with zero attached hydrogens (tertiary/aromatic N) is 1. The van der Waals surface area contributed by atoms with Gasteiger partial charge in [-0.25, -0.2) is 4.98 Å². The van der Waals surface area contributed by atoms with E-state index in [4.69, 9.17) is 5.73 Å². The molecule has 1 atom stereocenters. The fourth-order valence-corrected chi connectivity index (χ4v) is 3.26. The maximum atomic E-state index is 6.03. The topological polar surface area (TPSA) is 38.9 Å². The highest BCUT2D eigenvalue weighted by molar-refractivity contribution is 9.10. The van der Waals surface area contributed by atoms with E-state index in [1.807, 2.05) is 16.8 Å². The fourth-order valence-electron chi connectivity index (χ4n) is 1.04. The molecule has 0 aliphatic carbocycles. The van der Waals surface area contributed by atoms with E-state index in [1.54, 1.807) is 28.2 Å². The number of thiophene rings is 1. The number of aromatic nitrogens is 1. The van der Waals surface area contributed by atoms with Crippen molar-refractivity contribution >= 4 is 38.6 Å². The Labute approximate surface area is 92.6 Å². The van der Waals surface area contributed by atoms with Crippen molar-refractivity contribution in [1.82, 2.24) is 4.98 Å². The summed E-state index contributed by atoms with van der Waals surface area (Å²) in [6.45, 7) is 0. The molecular weight excluding hydrogens is 268 g/mol. The molecule has 0 aromatic carbocycles. The van der Waals surface area contributed by atoms with E-state index < -0.39 is 0 Å². The zero-order chi connectivity index (χ0) is 9.26. The largest absolute Gasteiger partial charge is 0.318 e. The van der Waals surface area contributed by atoms with Crippen LogP contribution in [0.25, 0.3) is 0 Å². The Morgan fingerprint density at radius 2 is 2.38 bits per heavy atom. The van der Waals surface area contributed by atoms with Crippen LogP contribution < -0.4 is 5.73 Å². The van der Waals surface area contributed by atoms with Crippen LogP contribution >= 0.6 is 38.6 Å². The van der Waals surface area contributed by atoms with E-state index in [0.29, 0.717) is 0 Å². The summed E-state index contributed by atoms with van der Waals surface area (Å²) in [4.78, 5) is 5.32. The lowest BCUT2D eigenvalue weighted by Gasteiger charge is -2.06. The Hall–Kier alpha value is -0.230. The summed E-state index contributed by atoms with van der Waals surface area (Å²) in [6.07, 6.45) is 0. The molecule has 0 radical (unpaired) electrons. The predicted molar refractivity (Wildman–Crippen MR) is 60.2 cm³/mol. The lowest BCUT2D eigenvalue weighted by Crippen LogP contribution is -2.10. The maximum absolute atomic E-state index is 6.03. The van der Waals surface area contributed by atoms with Crippen LogP contribution in [0.2, 0.25) is 0 Å². The Bertz CT molecular complexity index is 383. The molecule has 0 bridgehead atoms. The van der Waals surface area contributed by atoms with Gasteiger partial charge in [0.25, 0.3) is 0 Å². The van der Waals surface area contributed by atoms with Crippen molar-refractivity contribution in [2.75, 3.05) is 0 Å². The standard InChI is InChI=1S/C8H7BrN2S2/c9-5-1-2-13-8(5)7(10)6-3-12-4-11-6/h1-4,7H,10H2. The number of hydrogen-bond acceptors (Lipinski definition) is 4. The third-order valence-corrected chi connectivity index (χ3v) is 4.26. The molecule has 0 aliphatic rings. The van der Waals surface area contributed by atoms with Crippen molar-refractivity contribution in [2.45, 2.75) is 6.04 Å². The van der Waals surface area contributed by atoms with E-state index >= 15 is 0 Å². The smallest absolute Gasteiger partial charge is 0.0840 e. The minimum absolute atomic E-state index is 0.0966. The van der Waals surface area contributed by atoms with Crippen LogP contribution in [0.5, 0.6) is 0 Å². The first-order valence-electron chi connectivity index (χ1n) is 3.65. The maximum Gasteiger partial charge on any atom is 0.0840 e. The Balaban J connectivity index is 2.33. The van der Waals surface area contributed by atoms with Crippen molar-refractivity contribution in [3.63, 3.8) is 0 Å². The number of hydrogen-bond donors (Lipinski definition) is 1. The van der Waals surface area contributed by atoms with E-state index in [2.05, 4.69) is 20.9 Å². The minimum atomic E-state index is -0.0966. The second kappa shape index (κ2) is 3.88. The molecule has 0 saturated heterocycles. The summed E-state index contributed by atoms with van der Waals surface area (Å²) < 4.78 is 1.07. The molecule has 2 nitrogen and oxygen atoms in total. The van der Waals surface area contributed by atoms with Crippen LogP contribution in [0.15, 0.2) is 26.8 Å². The van der Waals surface area contributed by atoms with Gasteiger partial charge < -0.3 is 5.73 Å². The molecule has 0 fully saturated rings. The summed E-state index contributed by atoms with van der Waals surface area (Å²) in [7, 11) is 0. The third-order valence-electron chi connectivity index (χ3n) is 1.70. The summed E-state index contributed by atoms with van der Waals surface area (Å²) in [6, 6.07) is 1.91. The number of nitrogens with two attached hydrogens (primary N) is 1. The molecule has 0 amide bonds. The van der Waals surface area contributed by atoms with Gasteiger partial charge in [0.15, 0.2) is 0 Å². The molecule has 2 rings (SSSR count). The molecule has 1 unspecified atom stereocenters. The van der Waals surface area contributed by atoms with Crippen molar-refractivity contribution in [3.8, 4) is 0 Å². The van der Waals surface area contributed by atoms with Gasteiger partial charge in [-0.3, -0.25) is 0 Å². The minimum Gasteiger partial charge on any atom is -0.318 e. The second-order valence-corrected chi connectivity index (χ2v) is 5.04. The molecule has 2 heterocycles.